The summed E-state index contributed by atoms with van der Waals surface area (Å²) >= 11 is 6.41. The van der Waals surface area contributed by atoms with Crippen molar-refractivity contribution < 1.29 is 4.57 Å². The molecule has 0 aliphatic heterocycles. The number of nitriles is 1. The molecule has 7 nitrogen and oxygen atoms in total. The first kappa shape index (κ1) is 28.1. The third-order valence-electron chi connectivity index (χ3n) is 7.13. The van der Waals surface area contributed by atoms with E-state index >= 15 is 0 Å². The molecule has 0 saturated heterocycles. The van der Waals surface area contributed by atoms with Crippen molar-refractivity contribution >= 4 is 47.2 Å². The number of benzene rings is 2. The quantitative estimate of drug-likeness (QED) is 0.145. The Labute approximate surface area is 230 Å². The van der Waals surface area contributed by atoms with Crippen LogP contribution in [0.1, 0.15) is 55.2 Å². The lowest BCUT2D eigenvalue weighted by Gasteiger charge is -2.16. The van der Waals surface area contributed by atoms with Crippen LogP contribution in [-0.2, 0) is 17.4 Å². The van der Waals surface area contributed by atoms with E-state index in [4.69, 9.17) is 17.3 Å². The minimum absolute atomic E-state index is 0.340. The minimum Gasteiger partial charge on any atom is -0.338 e. The first-order chi connectivity index (χ1) is 18.3. The molecule has 1 aromatic heterocycles. The maximum Gasteiger partial charge on any atom is 0.229 e. The van der Waals surface area contributed by atoms with Crippen molar-refractivity contribution in [1.82, 2.24) is 9.97 Å². The number of aryl methyl sites for hydroxylation is 2. The summed E-state index contributed by atoms with van der Waals surface area (Å²) < 4.78 is 12.9. The van der Waals surface area contributed by atoms with Crippen LogP contribution in [0.15, 0.2) is 42.6 Å². The van der Waals surface area contributed by atoms with Crippen LogP contribution in [-0.4, -0.2) is 29.8 Å². The van der Waals surface area contributed by atoms with Crippen LogP contribution >= 0.6 is 18.7 Å². The van der Waals surface area contributed by atoms with Crippen molar-refractivity contribution in [1.29, 1.82) is 5.26 Å². The first-order valence-electron chi connectivity index (χ1n) is 13.2. The molecule has 3 aromatic rings. The van der Waals surface area contributed by atoms with Gasteiger partial charge in [0.2, 0.25) is 5.95 Å². The maximum atomic E-state index is 12.9. The molecule has 0 unspecified atom stereocenters. The normalized spacial score (nSPS) is 15.3. The monoisotopic (exact) mass is 550 g/mol. The third-order valence-corrected chi connectivity index (χ3v) is 8.93. The summed E-state index contributed by atoms with van der Waals surface area (Å²) in [7, 11) is -2.66. The lowest BCUT2D eigenvalue weighted by Crippen LogP contribution is -2.12. The van der Waals surface area contributed by atoms with Gasteiger partial charge in [0.1, 0.15) is 12.2 Å². The molecule has 4 N–H and O–H groups in total. The van der Waals surface area contributed by atoms with Crippen molar-refractivity contribution in [3.05, 3.63) is 64.3 Å². The number of rotatable bonds is 10. The molecule has 4 rings (SSSR count). The fourth-order valence-electron chi connectivity index (χ4n) is 5.01. The largest absolute Gasteiger partial charge is 0.338 e. The maximum absolute atomic E-state index is 12.9. The van der Waals surface area contributed by atoms with E-state index in [0.717, 1.165) is 37.4 Å². The van der Waals surface area contributed by atoms with Gasteiger partial charge in [0.25, 0.3) is 0 Å². The summed E-state index contributed by atoms with van der Waals surface area (Å²) in [6.45, 7) is 4.13. The van der Waals surface area contributed by atoms with Crippen molar-refractivity contribution in [2.24, 2.45) is 11.7 Å². The van der Waals surface area contributed by atoms with E-state index in [9.17, 15) is 9.83 Å². The second-order valence-corrected chi connectivity index (χ2v) is 14.0. The molecule has 38 heavy (non-hydrogen) atoms. The number of anilines is 4. The van der Waals surface area contributed by atoms with E-state index in [1.54, 1.807) is 37.7 Å². The van der Waals surface area contributed by atoms with Gasteiger partial charge in [-0.25, -0.2) is 4.98 Å². The van der Waals surface area contributed by atoms with Crippen LogP contribution in [0.2, 0.25) is 5.02 Å². The standard InChI is InChI=1S/C29H36ClN6OP/c1-38(2,37)27-16-21(18-32)9-14-26(27)35-28-25(30)19-33-29(36-28)34-24-13-12-22-10-7-20(6-4-3-5-15-31)8-11-23(22)17-24/h9,12-14,16-17,19-20H,3-8,10-11,15,31H2,1-2H3,(H2,33,34,35,36)/t20-/m0/s1. The Balaban J connectivity index is 1.48. The Morgan fingerprint density at radius 1 is 1.08 bits per heavy atom. The van der Waals surface area contributed by atoms with E-state index in [-0.39, 0.29) is 0 Å². The Kier molecular flexibility index (Phi) is 9.44. The average Bonchev–Trinajstić information content (AvgIpc) is 3.10. The second kappa shape index (κ2) is 12.8. The van der Waals surface area contributed by atoms with Crippen LogP contribution in [0.3, 0.4) is 0 Å². The molecule has 1 heterocycles. The molecule has 0 fully saturated rings. The van der Waals surface area contributed by atoms with Gasteiger partial charge in [0.05, 0.1) is 23.5 Å². The zero-order chi connectivity index (χ0) is 27.1. The first-order valence-corrected chi connectivity index (χ1v) is 16.2. The van der Waals surface area contributed by atoms with Crippen LogP contribution in [0.4, 0.5) is 23.1 Å². The lowest BCUT2D eigenvalue weighted by molar-refractivity contribution is 0.411. The predicted molar refractivity (Wildman–Crippen MR) is 158 cm³/mol. The Hall–Kier alpha value is -2.91. The highest BCUT2D eigenvalue weighted by Crippen LogP contribution is 2.39. The molecule has 0 radical (unpaired) electrons. The van der Waals surface area contributed by atoms with Crippen LogP contribution < -0.4 is 21.7 Å². The highest BCUT2D eigenvalue weighted by Gasteiger charge is 2.19. The summed E-state index contributed by atoms with van der Waals surface area (Å²) in [5.74, 6) is 1.59. The number of hydrogen-bond donors (Lipinski definition) is 3. The number of unbranched alkanes of at least 4 members (excludes halogenated alkanes) is 2. The molecule has 1 aliphatic rings. The summed E-state index contributed by atoms with van der Waals surface area (Å²) in [4.78, 5) is 8.96. The SMILES string of the molecule is CP(C)(=O)c1cc(C#N)ccc1Nc1nc(Nc2ccc3c(c2)CC[C@@H](CCCCCN)CC3)ncc1Cl. The van der Waals surface area contributed by atoms with Gasteiger partial charge in [0, 0.05) is 11.0 Å². The third kappa shape index (κ3) is 7.35. The van der Waals surface area contributed by atoms with Crippen LogP contribution in [0.25, 0.3) is 0 Å². The Bertz CT molecular complexity index is 1370. The highest BCUT2D eigenvalue weighted by molar-refractivity contribution is 7.70. The number of halogens is 1. The molecule has 0 amide bonds. The van der Waals surface area contributed by atoms with Crippen molar-refractivity contribution in [3.63, 3.8) is 0 Å². The number of nitrogens with two attached hydrogens (primary N) is 1. The molecular formula is C29H36ClN6OP. The van der Waals surface area contributed by atoms with E-state index in [1.807, 2.05) is 0 Å². The van der Waals surface area contributed by atoms with E-state index in [2.05, 4.69) is 44.9 Å². The van der Waals surface area contributed by atoms with Crippen LogP contribution in [0, 0.1) is 17.2 Å². The fraction of sp³-hybridized carbons (Fsp3) is 0.414. The zero-order valence-electron chi connectivity index (χ0n) is 22.1. The van der Waals surface area contributed by atoms with Gasteiger partial charge in [0.15, 0.2) is 5.82 Å². The number of nitrogens with one attached hydrogen (secondary N) is 2. The van der Waals surface area contributed by atoms with Gasteiger partial charge in [-0.05, 0) is 99.4 Å². The summed E-state index contributed by atoms with van der Waals surface area (Å²) in [5, 5.41) is 16.7. The van der Waals surface area contributed by atoms with Crippen LogP contribution in [0.5, 0.6) is 0 Å². The average molecular weight is 551 g/mol. The van der Waals surface area contributed by atoms with Crippen molar-refractivity contribution in [2.45, 2.75) is 51.4 Å². The summed E-state index contributed by atoms with van der Waals surface area (Å²) in [6.07, 6.45) is 11.1. The van der Waals surface area contributed by atoms with Gasteiger partial charge in [-0.1, -0.05) is 36.9 Å². The van der Waals surface area contributed by atoms with Gasteiger partial charge in [-0.2, -0.15) is 10.2 Å². The molecule has 1 aliphatic carbocycles. The number of fused-ring (bicyclic) bond motifs is 1. The molecule has 0 spiro atoms. The van der Waals surface area contributed by atoms with E-state index < -0.39 is 7.14 Å². The smallest absolute Gasteiger partial charge is 0.229 e. The minimum atomic E-state index is -2.66. The topological polar surface area (TPSA) is 117 Å². The number of nitrogens with zero attached hydrogens (tertiary/aromatic N) is 3. The molecule has 0 saturated carbocycles. The highest BCUT2D eigenvalue weighted by atomic mass is 35.5. The predicted octanol–water partition coefficient (Wildman–Crippen LogP) is 6.75. The van der Waals surface area contributed by atoms with Gasteiger partial charge < -0.3 is 20.9 Å². The lowest BCUT2D eigenvalue weighted by atomic mass is 9.93. The number of hydrogen-bond acceptors (Lipinski definition) is 7. The molecule has 200 valence electrons. The second-order valence-electron chi connectivity index (χ2n) is 10.4. The van der Waals surface area contributed by atoms with Gasteiger partial charge in [-0.3, -0.25) is 0 Å². The number of aromatic nitrogens is 2. The molecule has 0 bridgehead atoms. The fourth-order valence-corrected chi connectivity index (χ4v) is 6.31. The van der Waals surface area contributed by atoms with Crippen molar-refractivity contribution in [3.8, 4) is 6.07 Å². The summed E-state index contributed by atoms with van der Waals surface area (Å²) in [6, 6.07) is 13.7. The van der Waals surface area contributed by atoms with E-state index in [0.29, 0.717) is 33.3 Å². The molecule has 1 atom stereocenters. The van der Waals surface area contributed by atoms with E-state index in [1.165, 1.54) is 43.2 Å². The van der Waals surface area contributed by atoms with Gasteiger partial charge in [-0.15, -0.1) is 0 Å². The van der Waals surface area contributed by atoms with Crippen molar-refractivity contribution in [2.75, 3.05) is 30.5 Å². The molecule has 9 heteroatoms. The molecule has 2 aromatic carbocycles. The summed E-state index contributed by atoms with van der Waals surface area (Å²) in [5.41, 5.74) is 10.4. The zero-order valence-corrected chi connectivity index (χ0v) is 23.8. The Morgan fingerprint density at radius 3 is 2.61 bits per heavy atom. The molecular weight excluding hydrogens is 515 g/mol. The van der Waals surface area contributed by atoms with Gasteiger partial charge >= 0.3 is 0 Å². The Morgan fingerprint density at radius 2 is 1.87 bits per heavy atom.